The van der Waals surface area contributed by atoms with Crippen LogP contribution in [-0.2, 0) is 11.2 Å². The summed E-state index contributed by atoms with van der Waals surface area (Å²) in [7, 11) is 3.79. The maximum absolute atomic E-state index is 12.1. The zero-order valence-electron chi connectivity index (χ0n) is 12.7. The molecule has 0 aromatic heterocycles. The number of ketones is 1. The molecule has 112 valence electrons. The number of hydrogen-bond donors (Lipinski definition) is 0. The molecule has 0 radical (unpaired) electrons. The second kappa shape index (κ2) is 6.59. The van der Waals surface area contributed by atoms with Crippen molar-refractivity contribution in [2.75, 3.05) is 20.7 Å². The van der Waals surface area contributed by atoms with E-state index >= 15 is 0 Å². The first-order chi connectivity index (χ1) is 8.95. The second-order valence-electron chi connectivity index (χ2n) is 5.94. The first-order valence-corrected chi connectivity index (χ1v) is 6.81. The third-order valence-corrected chi connectivity index (χ3v) is 4.36. The number of likely N-dealkylation sites (N-methyl/N-ethyl adjacent to an activating group) is 1. The smallest absolute Gasteiger partial charge is 0.141 e. The largest absolute Gasteiger partial charge is 0.497 e. The lowest BCUT2D eigenvalue weighted by Gasteiger charge is -2.43. The van der Waals surface area contributed by atoms with Gasteiger partial charge in [0, 0.05) is 24.4 Å². The summed E-state index contributed by atoms with van der Waals surface area (Å²) >= 11 is 0. The number of halogens is 1. The molecule has 0 aliphatic carbocycles. The number of methoxy groups -OCH3 is 1. The molecule has 0 amide bonds. The lowest BCUT2D eigenvalue weighted by Crippen LogP contribution is -2.53. The highest BCUT2D eigenvalue weighted by molar-refractivity contribution is 5.86. The quantitative estimate of drug-likeness (QED) is 0.859. The SMILES string of the molecule is COc1ccc(CC2N(C)CCC(=O)C2(C)C)cc1.Cl. The monoisotopic (exact) mass is 297 g/mol. The van der Waals surface area contributed by atoms with Crippen molar-refractivity contribution in [1.82, 2.24) is 4.90 Å². The summed E-state index contributed by atoms with van der Waals surface area (Å²) in [5.41, 5.74) is 0.979. The van der Waals surface area contributed by atoms with Crippen molar-refractivity contribution in [3.05, 3.63) is 29.8 Å². The van der Waals surface area contributed by atoms with Crippen molar-refractivity contribution in [1.29, 1.82) is 0 Å². The lowest BCUT2D eigenvalue weighted by atomic mass is 9.73. The van der Waals surface area contributed by atoms with E-state index in [9.17, 15) is 4.79 Å². The van der Waals surface area contributed by atoms with Gasteiger partial charge in [-0.05, 0) is 31.2 Å². The summed E-state index contributed by atoms with van der Waals surface area (Å²) in [6.07, 6.45) is 1.57. The molecule has 20 heavy (non-hydrogen) atoms. The molecule has 4 heteroatoms. The van der Waals surface area contributed by atoms with Gasteiger partial charge in [0.15, 0.2) is 0 Å². The van der Waals surface area contributed by atoms with Gasteiger partial charge in [0.2, 0.25) is 0 Å². The molecular weight excluding hydrogens is 274 g/mol. The van der Waals surface area contributed by atoms with Crippen LogP contribution in [0.4, 0.5) is 0 Å². The number of hydrogen-bond acceptors (Lipinski definition) is 3. The predicted molar refractivity (Wildman–Crippen MR) is 83.8 cm³/mol. The summed E-state index contributed by atoms with van der Waals surface area (Å²) in [4.78, 5) is 14.4. The minimum atomic E-state index is -0.271. The highest BCUT2D eigenvalue weighted by Crippen LogP contribution is 2.33. The maximum Gasteiger partial charge on any atom is 0.141 e. The van der Waals surface area contributed by atoms with Gasteiger partial charge in [-0.25, -0.2) is 0 Å². The average molecular weight is 298 g/mol. The average Bonchev–Trinajstić information content (AvgIpc) is 2.40. The van der Waals surface area contributed by atoms with Crippen molar-refractivity contribution in [2.24, 2.45) is 5.41 Å². The van der Waals surface area contributed by atoms with Gasteiger partial charge in [0.1, 0.15) is 11.5 Å². The summed E-state index contributed by atoms with van der Waals surface area (Å²) in [5, 5.41) is 0. The summed E-state index contributed by atoms with van der Waals surface area (Å²) in [5.74, 6) is 1.25. The number of rotatable bonds is 3. The zero-order chi connectivity index (χ0) is 14.0. The third-order valence-electron chi connectivity index (χ3n) is 4.36. The Hall–Kier alpha value is -1.06. The van der Waals surface area contributed by atoms with Crippen LogP contribution in [0.3, 0.4) is 0 Å². The number of Topliss-reactive ketones (excluding diaryl/α,β-unsaturated/α-hetero) is 1. The molecule has 1 aromatic carbocycles. The first kappa shape index (κ1) is 17.0. The molecule has 2 rings (SSSR count). The van der Waals surface area contributed by atoms with E-state index in [1.165, 1.54) is 5.56 Å². The van der Waals surface area contributed by atoms with Gasteiger partial charge in [0.25, 0.3) is 0 Å². The van der Waals surface area contributed by atoms with Crippen molar-refractivity contribution < 1.29 is 9.53 Å². The third kappa shape index (κ3) is 3.33. The number of piperidine rings is 1. The van der Waals surface area contributed by atoms with E-state index in [0.29, 0.717) is 12.2 Å². The Morgan fingerprint density at radius 1 is 1.30 bits per heavy atom. The molecule has 0 spiro atoms. The molecule has 1 heterocycles. The Bertz CT molecular complexity index is 456. The Balaban J connectivity index is 0.00000200. The Labute approximate surface area is 127 Å². The molecular formula is C16H24ClNO2. The zero-order valence-corrected chi connectivity index (χ0v) is 13.5. The normalized spacial score (nSPS) is 22.2. The van der Waals surface area contributed by atoms with Crippen LogP contribution in [0.15, 0.2) is 24.3 Å². The number of ether oxygens (including phenoxy) is 1. The summed E-state index contributed by atoms with van der Waals surface area (Å²) < 4.78 is 5.17. The minimum Gasteiger partial charge on any atom is -0.497 e. The number of nitrogens with zero attached hydrogens (tertiary/aromatic N) is 1. The van der Waals surface area contributed by atoms with Crippen molar-refractivity contribution in [2.45, 2.75) is 32.7 Å². The molecule has 1 aliphatic rings. The number of carbonyl (C=O) groups excluding carboxylic acids is 1. The minimum absolute atomic E-state index is 0. The molecule has 1 saturated heterocycles. The first-order valence-electron chi connectivity index (χ1n) is 6.81. The highest BCUT2D eigenvalue weighted by atomic mass is 35.5. The van der Waals surface area contributed by atoms with Crippen LogP contribution in [0.25, 0.3) is 0 Å². The Morgan fingerprint density at radius 3 is 2.45 bits per heavy atom. The number of likely N-dealkylation sites (tertiary alicyclic amines) is 1. The topological polar surface area (TPSA) is 29.5 Å². The fourth-order valence-electron chi connectivity index (χ4n) is 2.89. The molecule has 1 fully saturated rings. The standard InChI is InChI=1S/C16H23NO2.ClH/c1-16(2)14(17(3)10-9-15(16)18)11-12-5-7-13(19-4)8-6-12;/h5-8,14H,9-11H2,1-4H3;1H. The van der Waals surface area contributed by atoms with Gasteiger partial charge in [0.05, 0.1) is 7.11 Å². The predicted octanol–water partition coefficient (Wildman–Crippen LogP) is 2.96. The van der Waals surface area contributed by atoms with E-state index in [1.54, 1.807) is 7.11 Å². The van der Waals surface area contributed by atoms with E-state index in [2.05, 4.69) is 37.9 Å². The molecule has 0 N–H and O–H groups in total. The molecule has 0 bridgehead atoms. The number of benzene rings is 1. The molecule has 1 atom stereocenters. The van der Waals surface area contributed by atoms with Crippen LogP contribution in [-0.4, -0.2) is 37.4 Å². The summed E-state index contributed by atoms with van der Waals surface area (Å²) in [6.45, 7) is 5.00. The molecule has 0 saturated carbocycles. The maximum atomic E-state index is 12.1. The van der Waals surface area contributed by atoms with Gasteiger partial charge in [-0.15, -0.1) is 12.4 Å². The Kier molecular flexibility index (Phi) is 5.60. The molecule has 1 unspecified atom stereocenters. The van der Waals surface area contributed by atoms with Crippen LogP contribution in [0.1, 0.15) is 25.8 Å². The Morgan fingerprint density at radius 2 is 1.90 bits per heavy atom. The van der Waals surface area contributed by atoms with Crippen LogP contribution in [0.5, 0.6) is 5.75 Å². The lowest BCUT2D eigenvalue weighted by molar-refractivity contribution is -0.135. The highest BCUT2D eigenvalue weighted by Gasteiger charge is 2.41. The van der Waals surface area contributed by atoms with Gasteiger partial charge in [-0.3, -0.25) is 4.79 Å². The summed E-state index contributed by atoms with van der Waals surface area (Å²) in [6, 6.07) is 8.39. The van der Waals surface area contributed by atoms with Gasteiger partial charge in [-0.1, -0.05) is 26.0 Å². The molecule has 1 aliphatic heterocycles. The van der Waals surface area contributed by atoms with Gasteiger partial charge >= 0.3 is 0 Å². The van der Waals surface area contributed by atoms with Crippen LogP contribution in [0, 0.1) is 5.41 Å². The van der Waals surface area contributed by atoms with Crippen molar-refractivity contribution >= 4 is 18.2 Å². The van der Waals surface area contributed by atoms with Crippen molar-refractivity contribution in [3.63, 3.8) is 0 Å². The van der Waals surface area contributed by atoms with E-state index in [0.717, 1.165) is 18.7 Å². The molecule has 3 nitrogen and oxygen atoms in total. The fourth-order valence-corrected chi connectivity index (χ4v) is 2.89. The van der Waals surface area contributed by atoms with E-state index < -0.39 is 0 Å². The van der Waals surface area contributed by atoms with E-state index in [1.807, 2.05) is 12.1 Å². The van der Waals surface area contributed by atoms with Crippen LogP contribution in [0.2, 0.25) is 0 Å². The van der Waals surface area contributed by atoms with Crippen LogP contribution < -0.4 is 4.74 Å². The van der Waals surface area contributed by atoms with Crippen molar-refractivity contribution in [3.8, 4) is 5.75 Å². The van der Waals surface area contributed by atoms with Gasteiger partial charge in [-0.2, -0.15) is 0 Å². The van der Waals surface area contributed by atoms with Gasteiger partial charge < -0.3 is 9.64 Å². The number of carbonyl (C=O) groups is 1. The second-order valence-corrected chi connectivity index (χ2v) is 5.94. The molecule has 1 aromatic rings. The fraction of sp³-hybridized carbons (Fsp3) is 0.562. The van der Waals surface area contributed by atoms with E-state index in [4.69, 9.17) is 4.74 Å². The van der Waals surface area contributed by atoms with Crippen LogP contribution >= 0.6 is 12.4 Å². The van der Waals surface area contributed by atoms with E-state index in [-0.39, 0.29) is 23.9 Å².